The number of aromatic nitrogens is 1. The van der Waals surface area contributed by atoms with Gasteiger partial charge in [0.2, 0.25) is 0 Å². The van der Waals surface area contributed by atoms with Crippen molar-refractivity contribution in [2.45, 2.75) is 64.9 Å². The normalized spacial score (nSPS) is 16.0. The Morgan fingerprint density at radius 3 is 2.62 bits per heavy atom. The average molecular weight is 377 g/mol. The van der Waals surface area contributed by atoms with Crippen molar-refractivity contribution in [2.24, 2.45) is 5.92 Å². The second kappa shape index (κ2) is 9.15. The number of aliphatic hydroxyl groups is 1. The van der Waals surface area contributed by atoms with Gasteiger partial charge in [-0.3, -0.25) is 0 Å². The zero-order chi connectivity index (χ0) is 18.5. The standard InChI is InChI=1S/C16H28N2O4S2/c1-7-22-15(20)12-9-23-14(17-12)13(19)8-11(10(2)3)18-24(21)16(4,5)6/h9-11,13,18-19H,7-8H2,1-6H3/t11?,13-,24-/m1/s1. The molecule has 0 fully saturated rings. The van der Waals surface area contributed by atoms with Crippen molar-refractivity contribution in [3.05, 3.63) is 16.1 Å². The maximum absolute atomic E-state index is 12.3. The van der Waals surface area contributed by atoms with E-state index >= 15 is 0 Å². The van der Waals surface area contributed by atoms with Crippen LogP contribution < -0.4 is 4.72 Å². The molecule has 8 heteroatoms. The Balaban J connectivity index is 2.75. The first-order valence-corrected chi connectivity index (χ1v) is 10.1. The molecule has 0 bridgehead atoms. The first kappa shape index (κ1) is 21.4. The second-order valence-corrected chi connectivity index (χ2v) is 9.78. The minimum absolute atomic E-state index is 0.130. The van der Waals surface area contributed by atoms with Crippen LogP contribution in [0, 0.1) is 5.92 Å². The van der Waals surface area contributed by atoms with Gasteiger partial charge in [0.15, 0.2) is 5.69 Å². The smallest absolute Gasteiger partial charge is 0.357 e. The van der Waals surface area contributed by atoms with E-state index in [1.54, 1.807) is 12.3 Å². The molecule has 0 radical (unpaired) electrons. The fourth-order valence-corrected chi connectivity index (χ4v) is 3.63. The molecule has 0 amide bonds. The molecule has 0 aromatic carbocycles. The molecule has 0 aliphatic carbocycles. The monoisotopic (exact) mass is 376 g/mol. The Bertz CT molecular complexity index is 528. The van der Waals surface area contributed by atoms with Crippen LogP contribution in [0.1, 0.15) is 69.6 Å². The zero-order valence-electron chi connectivity index (χ0n) is 15.2. The van der Waals surface area contributed by atoms with E-state index in [1.165, 1.54) is 11.3 Å². The predicted molar refractivity (Wildman–Crippen MR) is 97.3 cm³/mol. The summed E-state index contributed by atoms with van der Waals surface area (Å²) in [6.07, 6.45) is -0.454. The van der Waals surface area contributed by atoms with Crippen molar-refractivity contribution < 1.29 is 19.2 Å². The first-order chi connectivity index (χ1) is 11.1. The first-order valence-electron chi connectivity index (χ1n) is 8.04. The van der Waals surface area contributed by atoms with Crippen molar-refractivity contribution in [1.82, 2.24) is 9.71 Å². The number of hydrogen-bond donors (Lipinski definition) is 2. The summed E-state index contributed by atoms with van der Waals surface area (Å²) in [5, 5.41) is 12.5. The van der Waals surface area contributed by atoms with Crippen molar-refractivity contribution in [3.63, 3.8) is 0 Å². The van der Waals surface area contributed by atoms with Gasteiger partial charge in [-0.25, -0.2) is 9.78 Å². The molecule has 6 nitrogen and oxygen atoms in total. The number of carbonyl (C=O) groups is 1. The van der Waals surface area contributed by atoms with E-state index in [0.29, 0.717) is 11.4 Å². The molecule has 1 heterocycles. The van der Waals surface area contributed by atoms with Crippen LogP contribution in [-0.2, 0) is 16.1 Å². The molecule has 1 aromatic heterocycles. The highest BCUT2D eigenvalue weighted by atomic mass is 32.2. The summed E-state index contributed by atoms with van der Waals surface area (Å²) >= 11 is 0.00655. The summed E-state index contributed by atoms with van der Waals surface area (Å²) in [6, 6.07) is -0.130. The number of thiazole rings is 1. The molecule has 0 aliphatic rings. The number of ether oxygens (including phenoxy) is 1. The molecular formula is C16H28N2O4S2. The largest absolute Gasteiger partial charge is 0.598 e. The highest BCUT2D eigenvalue weighted by Gasteiger charge is 2.32. The van der Waals surface area contributed by atoms with Gasteiger partial charge in [-0.15, -0.1) is 16.1 Å². The Labute approximate surface area is 151 Å². The van der Waals surface area contributed by atoms with Crippen LogP contribution in [0.15, 0.2) is 5.38 Å². The zero-order valence-corrected chi connectivity index (χ0v) is 16.8. The third kappa shape index (κ3) is 6.33. The molecule has 3 atom stereocenters. The van der Waals surface area contributed by atoms with Crippen LogP contribution in [0.2, 0.25) is 0 Å². The number of nitrogens with zero attached hydrogens (tertiary/aromatic N) is 1. The molecule has 0 aliphatic heterocycles. The summed E-state index contributed by atoms with van der Waals surface area (Å²) < 4.78 is 19.9. The van der Waals surface area contributed by atoms with Gasteiger partial charge in [-0.2, -0.15) is 0 Å². The SMILES string of the molecule is CCOC(=O)c1csc([C@H](O)CC(N[S@+]([O-])C(C)(C)C)C(C)C)n1. The number of aliphatic hydroxyl groups excluding tert-OH is 1. The van der Waals surface area contributed by atoms with E-state index in [0.717, 1.165) is 0 Å². The number of hydrogen-bond acceptors (Lipinski definition) is 7. The highest BCUT2D eigenvalue weighted by Crippen LogP contribution is 2.26. The lowest BCUT2D eigenvalue weighted by atomic mass is 9.99. The molecular weight excluding hydrogens is 348 g/mol. The summed E-state index contributed by atoms with van der Waals surface area (Å²) in [7, 11) is 0. The van der Waals surface area contributed by atoms with E-state index in [1.807, 2.05) is 34.6 Å². The van der Waals surface area contributed by atoms with Gasteiger partial charge in [-0.1, -0.05) is 13.8 Å². The molecule has 0 spiro atoms. The van der Waals surface area contributed by atoms with Crippen molar-refractivity contribution in [1.29, 1.82) is 0 Å². The van der Waals surface area contributed by atoms with E-state index in [-0.39, 0.29) is 29.0 Å². The average Bonchev–Trinajstić information content (AvgIpc) is 2.95. The number of rotatable bonds is 8. The minimum atomic E-state index is -1.22. The van der Waals surface area contributed by atoms with Gasteiger partial charge < -0.3 is 14.4 Å². The second-order valence-electron chi connectivity index (χ2n) is 6.89. The fraction of sp³-hybridized carbons (Fsp3) is 0.750. The molecule has 1 unspecified atom stereocenters. The van der Waals surface area contributed by atoms with Gasteiger partial charge in [0.25, 0.3) is 0 Å². The number of carbonyl (C=O) groups excluding carboxylic acids is 1. The lowest BCUT2D eigenvalue weighted by molar-refractivity contribution is 0.0519. The maximum Gasteiger partial charge on any atom is 0.357 e. The van der Waals surface area contributed by atoms with E-state index in [9.17, 15) is 14.5 Å². The van der Waals surface area contributed by atoms with E-state index in [2.05, 4.69) is 9.71 Å². The quantitative estimate of drug-likeness (QED) is 0.535. The van der Waals surface area contributed by atoms with Gasteiger partial charge >= 0.3 is 5.97 Å². The molecule has 138 valence electrons. The van der Waals surface area contributed by atoms with Crippen LogP contribution in [0.25, 0.3) is 0 Å². The van der Waals surface area contributed by atoms with Crippen LogP contribution in [0.5, 0.6) is 0 Å². The van der Waals surface area contributed by atoms with Crippen molar-refractivity contribution >= 4 is 28.7 Å². The summed E-state index contributed by atoms with van der Waals surface area (Å²) in [6.45, 7) is 11.7. The predicted octanol–water partition coefficient (Wildman–Crippen LogP) is 2.82. The van der Waals surface area contributed by atoms with Gasteiger partial charge in [0, 0.05) is 16.7 Å². The van der Waals surface area contributed by atoms with Crippen LogP contribution in [0.3, 0.4) is 0 Å². The maximum atomic E-state index is 12.3. The van der Waals surface area contributed by atoms with Crippen LogP contribution in [-0.4, -0.2) is 38.0 Å². The molecule has 2 N–H and O–H groups in total. The third-order valence-electron chi connectivity index (χ3n) is 3.39. The Hall–Kier alpha value is -0.670. The molecule has 1 aromatic rings. The van der Waals surface area contributed by atoms with Gasteiger partial charge in [0.05, 0.1) is 12.6 Å². The molecule has 0 saturated carbocycles. The van der Waals surface area contributed by atoms with Crippen LogP contribution >= 0.6 is 11.3 Å². The highest BCUT2D eigenvalue weighted by molar-refractivity contribution is 7.90. The van der Waals surface area contributed by atoms with Gasteiger partial charge in [-0.05, 0) is 40.0 Å². The van der Waals surface area contributed by atoms with Gasteiger partial charge in [0.1, 0.15) is 15.9 Å². The Morgan fingerprint density at radius 2 is 2.12 bits per heavy atom. The Morgan fingerprint density at radius 1 is 1.50 bits per heavy atom. The topological polar surface area (TPSA) is 94.5 Å². The van der Waals surface area contributed by atoms with Crippen molar-refractivity contribution in [3.8, 4) is 0 Å². The van der Waals surface area contributed by atoms with E-state index < -0.39 is 23.4 Å². The minimum Gasteiger partial charge on any atom is -0.598 e. The molecule has 24 heavy (non-hydrogen) atoms. The Kier molecular flexibility index (Phi) is 8.14. The van der Waals surface area contributed by atoms with Crippen molar-refractivity contribution in [2.75, 3.05) is 6.61 Å². The summed E-state index contributed by atoms with van der Waals surface area (Å²) in [5.74, 6) is -0.296. The summed E-state index contributed by atoms with van der Waals surface area (Å²) in [4.78, 5) is 15.8. The number of nitrogens with one attached hydrogen (secondary N) is 1. The third-order valence-corrected chi connectivity index (χ3v) is 5.96. The molecule has 0 saturated heterocycles. The van der Waals surface area contributed by atoms with Crippen LogP contribution in [0.4, 0.5) is 0 Å². The lowest BCUT2D eigenvalue weighted by Gasteiger charge is -2.30. The lowest BCUT2D eigenvalue weighted by Crippen LogP contribution is -2.47. The van der Waals surface area contributed by atoms with E-state index in [4.69, 9.17) is 4.74 Å². The molecule has 1 rings (SSSR count). The summed E-state index contributed by atoms with van der Waals surface area (Å²) in [5.41, 5.74) is 0.211. The number of esters is 1. The fourth-order valence-electron chi connectivity index (χ4n) is 1.85.